The zero-order valence-corrected chi connectivity index (χ0v) is 14.4. The van der Waals surface area contributed by atoms with Crippen molar-refractivity contribution in [3.05, 3.63) is 45.7 Å². The van der Waals surface area contributed by atoms with Crippen molar-refractivity contribution in [1.82, 2.24) is 19.9 Å². The molecule has 0 radical (unpaired) electrons. The van der Waals surface area contributed by atoms with Gasteiger partial charge in [-0.2, -0.15) is 0 Å². The van der Waals surface area contributed by atoms with Gasteiger partial charge in [-0.1, -0.05) is 34.5 Å². The highest BCUT2D eigenvalue weighted by Gasteiger charge is 2.37. The van der Waals surface area contributed by atoms with Crippen LogP contribution in [0.4, 0.5) is 0 Å². The molecular weight excluding hydrogens is 351 g/mol. The Labute approximate surface area is 149 Å². The van der Waals surface area contributed by atoms with E-state index in [1.807, 2.05) is 15.6 Å². The van der Waals surface area contributed by atoms with Crippen LogP contribution in [0.25, 0.3) is 0 Å². The summed E-state index contributed by atoms with van der Waals surface area (Å²) in [6, 6.07) is 5.32. The summed E-state index contributed by atoms with van der Waals surface area (Å²) in [5, 5.41) is 9.07. The first-order valence-corrected chi connectivity index (χ1v) is 8.60. The molecule has 0 aliphatic carbocycles. The topological polar surface area (TPSA) is 60.3 Å². The van der Waals surface area contributed by atoms with Crippen LogP contribution in [0.3, 0.4) is 0 Å². The van der Waals surface area contributed by atoms with Crippen LogP contribution >= 0.6 is 23.2 Å². The van der Waals surface area contributed by atoms with E-state index in [1.165, 1.54) is 0 Å². The van der Waals surface area contributed by atoms with Gasteiger partial charge in [0.05, 0.1) is 47.1 Å². The van der Waals surface area contributed by atoms with Gasteiger partial charge in [-0.05, 0) is 24.1 Å². The van der Waals surface area contributed by atoms with Gasteiger partial charge in [0.2, 0.25) is 5.91 Å². The Morgan fingerprint density at radius 3 is 3.04 bits per heavy atom. The van der Waals surface area contributed by atoms with Crippen LogP contribution in [0.1, 0.15) is 23.7 Å². The van der Waals surface area contributed by atoms with Crippen molar-refractivity contribution < 1.29 is 9.53 Å². The first-order chi connectivity index (χ1) is 11.6. The summed E-state index contributed by atoms with van der Waals surface area (Å²) in [6.07, 6.45) is 2.91. The Kier molecular flexibility index (Phi) is 4.20. The normalized spacial score (nSPS) is 22.8. The van der Waals surface area contributed by atoms with Crippen molar-refractivity contribution in [2.24, 2.45) is 0 Å². The minimum absolute atomic E-state index is 0.0303. The second-order valence-corrected chi connectivity index (χ2v) is 6.95. The number of rotatable bonds is 2. The number of fused-ring (bicyclic) bond motifs is 3. The van der Waals surface area contributed by atoms with E-state index in [2.05, 4.69) is 10.3 Å². The minimum Gasteiger partial charge on any atom is -0.370 e. The monoisotopic (exact) mass is 366 g/mol. The lowest BCUT2D eigenvalue weighted by atomic mass is 9.99. The standard InChI is InChI=1S/C16H16Cl2N4O2/c17-12-2-1-10(5-13(12)18)6-16(23)21-4-3-15-14(8-21)22-11(9-24-15)7-19-20-22/h1-2,5,7,14-15H,3-4,6,8-9H2/t14-,15+/m0/s1. The van der Waals surface area contributed by atoms with E-state index >= 15 is 0 Å². The average molecular weight is 367 g/mol. The fourth-order valence-electron chi connectivity index (χ4n) is 3.34. The molecule has 2 aromatic rings. The molecule has 1 aromatic heterocycles. The van der Waals surface area contributed by atoms with E-state index in [1.54, 1.807) is 18.3 Å². The summed E-state index contributed by atoms with van der Waals surface area (Å²) in [5.41, 5.74) is 1.81. The van der Waals surface area contributed by atoms with Crippen molar-refractivity contribution in [2.75, 3.05) is 13.1 Å². The third kappa shape index (κ3) is 2.90. The number of benzene rings is 1. The molecule has 1 fully saturated rings. The van der Waals surface area contributed by atoms with Crippen LogP contribution in [0, 0.1) is 0 Å². The predicted molar refractivity (Wildman–Crippen MR) is 89.0 cm³/mol. The molecule has 0 saturated carbocycles. The SMILES string of the molecule is O=C(Cc1ccc(Cl)c(Cl)c1)N1CC[C@H]2OCc3cnnn3[C@H]2C1. The van der Waals surface area contributed by atoms with Gasteiger partial charge in [0.1, 0.15) is 0 Å². The Morgan fingerprint density at radius 1 is 1.33 bits per heavy atom. The van der Waals surface area contributed by atoms with Crippen LogP contribution in [-0.4, -0.2) is 45.0 Å². The van der Waals surface area contributed by atoms with E-state index in [-0.39, 0.29) is 18.1 Å². The highest BCUT2D eigenvalue weighted by Crippen LogP contribution is 2.30. The third-order valence-electron chi connectivity index (χ3n) is 4.62. The molecule has 24 heavy (non-hydrogen) atoms. The maximum Gasteiger partial charge on any atom is 0.227 e. The van der Waals surface area contributed by atoms with Crippen molar-refractivity contribution in [1.29, 1.82) is 0 Å². The van der Waals surface area contributed by atoms with Gasteiger partial charge >= 0.3 is 0 Å². The molecule has 2 atom stereocenters. The number of piperidine rings is 1. The summed E-state index contributed by atoms with van der Waals surface area (Å²) in [6.45, 7) is 1.80. The summed E-state index contributed by atoms with van der Waals surface area (Å²) >= 11 is 11.9. The minimum atomic E-state index is 0.0303. The summed E-state index contributed by atoms with van der Waals surface area (Å²) in [5.74, 6) is 0.0686. The number of halogens is 2. The second-order valence-electron chi connectivity index (χ2n) is 6.14. The van der Waals surface area contributed by atoms with Crippen molar-refractivity contribution in [2.45, 2.75) is 31.6 Å². The Hall–Kier alpha value is -1.63. The molecule has 8 heteroatoms. The maximum absolute atomic E-state index is 12.7. The van der Waals surface area contributed by atoms with Gasteiger partial charge in [0.25, 0.3) is 0 Å². The third-order valence-corrected chi connectivity index (χ3v) is 5.36. The molecule has 0 unspecified atom stereocenters. The molecule has 6 nitrogen and oxygen atoms in total. The fraction of sp³-hybridized carbons (Fsp3) is 0.438. The summed E-state index contributed by atoms with van der Waals surface area (Å²) in [4.78, 5) is 14.5. The van der Waals surface area contributed by atoms with E-state index in [0.29, 0.717) is 36.2 Å². The maximum atomic E-state index is 12.7. The number of nitrogens with zero attached hydrogens (tertiary/aromatic N) is 4. The quantitative estimate of drug-likeness (QED) is 0.819. The Bertz CT molecular complexity index is 779. The molecule has 0 spiro atoms. The molecule has 1 saturated heterocycles. The lowest BCUT2D eigenvalue weighted by molar-refractivity contribution is -0.137. The molecule has 2 aliphatic heterocycles. The Morgan fingerprint density at radius 2 is 2.21 bits per heavy atom. The molecule has 1 amide bonds. The largest absolute Gasteiger partial charge is 0.370 e. The summed E-state index contributed by atoms with van der Waals surface area (Å²) < 4.78 is 7.77. The molecule has 0 N–H and O–H groups in total. The lowest BCUT2D eigenvalue weighted by Gasteiger charge is -2.41. The molecule has 0 bridgehead atoms. The van der Waals surface area contributed by atoms with E-state index in [0.717, 1.165) is 17.7 Å². The van der Waals surface area contributed by atoms with Crippen LogP contribution < -0.4 is 0 Å². The molecule has 3 heterocycles. The van der Waals surface area contributed by atoms with E-state index < -0.39 is 0 Å². The second kappa shape index (κ2) is 6.35. The van der Waals surface area contributed by atoms with Gasteiger partial charge in [-0.3, -0.25) is 4.79 Å². The van der Waals surface area contributed by atoms with E-state index in [9.17, 15) is 4.79 Å². The highest BCUT2D eigenvalue weighted by atomic mass is 35.5. The van der Waals surface area contributed by atoms with Crippen molar-refractivity contribution in [3.63, 3.8) is 0 Å². The van der Waals surface area contributed by atoms with Crippen LogP contribution in [0.2, 0.25) is 10.0 Å². The number of amides is 1. The zero-order valence-electron chi connectivity index (χ0n) is 12.9. The zero-order chi connectivity index (χ0) is 16.7. The van der Waals surface area contributed by atoms with E-state index in [4.69, 9.17) is 27.9 Å². The number of ether oxygens (including phenoxy) is 1. The first kappa shape index (κ1) is 15.9. The first-order valence-electron chi connectivity index (χ1n) is 7.84. The van der Waals surface area contributed by atoms with Gasteiger partial charge < -0.3 is 9.64 Å². The smallest absolute Gasteiger partial charge is 0.227 e. The number of likely N-dealkylation sites (tertiary alicyclic amines) is 1. The van der Waals surface area contributed by atoms with Gasteiger partial charge in [0.15, 0.2) is 0 Å². The molecule has 2 aliphatic rings. The molecule has 4 rings (SSSR count). The van der Waals surface area contributed by atoms with Crippen LogP contribution in [-0.2, 0) is 22.6 Å². The fourth-order valence-corrected chi connectivity index (χ4v) is 3.66. The van der Waals surface area contributed by atoms with Gasteiger partial charge in [-0.15, -0.1) is 5.10 Å². The van der Waals surface area contributed by atoms with Gasteiger partial charge in [-0.25, -0.2) is 4.68 Å². The van der Waals surface area contributed by atoms with Crippen molar-refractivity contribution in [3.8, 4) is 0 Å². The number of hydrogen-bond acceptors (Lipinski definition) is 4. The average Bonchev–Trinajstić information content (AvgIpc) is 3.07. The molecule has 126 valence electrons. The number of hydrogen-bond donors (Lipinski definition) is 0. The highest BCUT2D eigenvalue weighted by molar-refractivity contribution is 6.42. The van der Waals surface area contributed by atoms with Crippen molar-refractivity contribution >= 4 is 29.1 Å². The number of carbonyl (C=O) groups is 1. The lowest BCUT2D eigenvalue weighted by Crippen LogP contribution is -2.50. The van der Waals surface area contributed by atoms with Crippen LogP contribution in [0.15, 0.2) is 24.4 Å². The Balaban J connectivity index is 1.47. The number of aromatic nitrogens is 3. The predicted octanol–water partition coefficient (Wildman–Crippen LogP) is 2.50. The van der Waals surface area contributed by atoms with Crippen LogP contribution in [0.5, 0.6) is 0 Å². The molecule has 1 aromatic carbocycles. The van der Waals surface area contributed by atoms with Gasteiger partial charge in [0, 0.05) is 13.1 Å². The molecular formula is C16H16Cl2N4O2. The number of carbonyl (C=O) groups excluding carboxylic acids is 1. The summed E-state index contributed by atoms with van der Waals surface area (Å²) in [7, 11) is 0.